The molecule has 0 amide bonds. The van der Waals surface area contributed by atoms with Gasteiger partial charge in [0.15, 0.2) is 5.78 Å². The van der Waals surface area contributed by atoms with E-state index in [1.165, 1.54) is 0 Å². The van der Waals surface area contributed by atoms with Crippen LogP contribution >= 0.6 is 0 Å². The van der Waals surface area contributed by atoms with E-state index in [0.717, 1.165) is 19.4 Å². The molecule has 1 rings (SSSR count). The first kappa shape index (κ1) is 8.97. The van der Waals surface area contributed by atoms with E-state index in [1.807, 2.05) is 4.68 Å². The van der Waals surface area contributed by atoms with Crippen molar-refractivity contribution in [1.29, 1.82) is 0 Å². The van der Waals surface area contributed by atoms with Gasteiger partial charge in [0.2, 0.25) is 0 Å². The fourth-order valence-corrected chi connectivity index (χ4v) is 0.988. The largest absolute Gasteiger partial charge is 0.294 e. The lowest BCUT2D eigenvalue weighted by atomic mass is 10.3. The molecular weight excluding hydrogens is 152 g/mol. The number of ketones is 1. The molecule has 0 radical (unpaired) electrons. The molecule has 0 saturated heterocycles. The van der Waals surface area contributed by atoms with Gasteiger partial charge in [-0.1, -0.05) is 13.3 Å². The highest BCUT2D eigenvalue weighted by molar-refractivity contribution is 5.93. The summed E-state index contributed by atoms with van der Waals surface area (Å²) in [5.74, 6) is 0.0812. The van der Waals surface area contributed by atoms with Crippen LogP contribution in [0.3, 0.4) is 0 Å². The van der Waals surface area contributed by atoms with Crippen LogP contribution in [0.25, 0.3) is 0 Å². The van der Waals surface area contributed by atoms with E-state index in [1.54, 1.807) is 19.3 Å². The normalized spacial score (nSPS) is 10.2. The SMILES string of the molecule is CCCCn1cc(C(C)=O)cn1. The quantitative estimate of drug-likeness (QED) is 0.640. The number of aryl methyl sites for hydroxylation is 1. The van der Waals surface area contributed by atoms with Crippen LogP contribution in [0.2, 0.25) is 0 Å². The summed E-state index contributed by atoms with van der Waals surface area (Å²) in [5, 5.41) is 4.07. The summed E-state index contributed by atoms with van der Waals surface area (Å²) in [5.41, 5.74) is 0.700. The Balaban J connectivity index is 2.58. The molecule has 0 fully saturated rings. The molecule has 0 N–H and O–H groups in total. The molecule has 3 nitrogen and oxygen atoms in total. The van der Waals surface area contributed by atoms with E-state index in [-0.39, 0.29) is 5.78 Å². The van der Waals surface area contributed by atoms with Crippen molar-refractivity contribution in [3.63, 3.8) is 0 Å². The Morgan fingerprint density at radius 2 is 2.42 bits per heavy atom. The third-order valence-corrected chi connectivity index (χ3v) is 1.78. The molecule has 1 aromatic rings. The van der Waals surface area contributed by atoms with Crippen LogP contribution in [0.4, 0.5) is 0 Å². The smallest absolute Gasteiger partial charge is 0.162 e. The second kappa shape index (κ2) is 4.04. The molecule has 66 valence electrons. The van der Waals surface area contributed by atoms with Gasteiger partial charge >= 0.3 is 0 Å². The molecule has 12 heavy (non-hydrogen) atoms. The van der Waals surface area contributed by atoms with Gasteiger partial charge < -0.3 is 0 Å². The van der Waals surface area contributed by atoms with Gasteiger partial charge in [-0.25, -0.2) is 0 Å². The van der Waals surface area contributed by atoms with Crippen LogP contribution in [0.15, 0.2) is 12.4 Å². The van der Waals surface area contributed by atoms with Gasteiger partial charge in [0.1, 0.15) is 0 Å². The highest BCUT2D eigenvalue weighted by atomic mass is 16.1. The highest BCUT2D eigenvalue weighted by Crippen LogP contribution is 2.00. The minimum absolute atomic E-state index is 0.0812. The van der Waals surface area contributed by atoms with Crippen molar-refractivity contribution in [3.05, 3.63) is 18.0 Å². The lowest BCUT2D eigenvalue weighted by Crippen LogP contribution is -1.97. The Morgan fingerprint density at radius 1 is 1.67 bits per heavy atom. The third kappa shape index (κ3) is 2.19. The summed E-state index contributed by atoms with van der Waals surface area (Å²) in [4.78, 5) is 10.9. The van der Waals surface area contributed by atoms with Crippen LogP contribution in [-0.2, 0) is 6.54 Å². The van der Waals surface area contributed by atoms with E-state index in [4.69, 9.17) is 0 Å². The van der Waals surface area contributed by atoms with E-state index < -0.39 is 0 Å². The van der Waals surface area contributed by atoms with Crippen molar-refractivity contribution in [2.45, 2.75) is 33.2 Å². The molecule has 1 aromatic heterocycles. The van der Waals surface area contributed by atoms with Gasteiger partial charge in [-0.15, -0.1) is 0 Å². The monoisotopic (exact) mass is 166 g/mol. The van der Waals surface area contributed by atoms with Crippen molar-refractivity contribution in [2.75, 3.05) is 0 Å². The van der Waals surface area contributed by atoms with E-state index >= 15 is 0 Å². The van der Waals surface area contributed by atoms with Crippen LogP contribution in [-0.4, -0.2) is 15.6 Å². The number of hydrogen-bond acceptors (Lipinski definition) is 2. The Morgan fingerprint density at radius 3 is 2.92 bits per heavy atom. The minimum Gasteiger partial charge on any atom is -0.294 e. The number of Topliss-reactive ketones (excluding diaryl/α,β-unsaturated/α-hetero) is 1. The van der Waals surface area contributed by atoms with Crippen molar-refractivity contribution < 1.29 is 4.79 Å². The van der Waals surface area contributed by atoms with Gasteiger partial charge in [-0.3, -0.25) is 9.48 Å². The molecule has 0 atom stereocenters. The number of rotatable bonds is 4. The zero-order chi connectivity index (χ0) is 8.97. The summed E-state index contributed by atoms with van der Waals surface area (Å²) in [6, 6.07) is 0. The Labute approximate surface area is 72.4 Å². The molecule has 0 unspecified atom stereocenters. The van der Waals surface area contributed by atoms with Crippen LogP contribution in [0.5, 0.6) is 0 Å². The van der Waals surface area contributed by atoms with E-state index in [9.17, 15) is 4.79 Å². The molecular formula is C9H14N2O. The maximum absolute atomic E-state index is 10.9. The van der Waals surface area contributed by atoms with Gasteiger partial charge in [0.25, 0.3) is 0 Å². The molecule has 3 heteroatoms. The summed E-state index contributed by atoms with van der Waals surface area (Å²) < 4.78 is 1.82. The molecule has 0 aliphatic heterocycles. The van der Waals surface area contributed by atoms with Crippen LogP contribution < -0.4 is 0 Å². The van der Waals surface area contributed by atoms with Gasteiger partial charge in [-0.05, 0) is 13.3 Å². The zero-order valence-electron chi connectivity index (χ0n) is 7.58. The average molecular weight is 166 g/mol. The van der Waals surface area contributed by atoms with Crippen LogP contribution in [0, 0.1) is 0 Å². The zero-order valence-corrected chi connectivity index (χ0v) is 7.58. The predicted octanol–water partition coefficient (Wildman–Crippen LogP) is 1.89. The molecule has 0 spiro atoms. The molecule has 1 heterocycles. The van der Waals surface area contributed by atoms with Gasteiger partial charge in [0.05, 0.1) is 11.8 Å². The lowest BCUT2D eigenvalue weighted by molar-refractivity contribution is 0.101. The van der Waals surface area contributed by atoms with Crippen molar-refractivity contribution in [3.8, 4) is 0 Å². The first-order valence-corrected chi connectivity index (χ1v) is 4.27. The fraction of sp³-hybridized carbons (Fsp3) is 0.556. The molecule has 0 bridgehead atoms. The number of aromatic nitrogens is 2. The Bertz CT molecular complexity index is 265. The topological polar surface area (TPSA) is 34.9 Å². The standard InChI is InChI=1S/C9H14N2O/c1-3-4-5-11-7-9(6-10-11)8(2)12/h6-7H,3-5H2,1-2H3. The first-order chi connectivity index (χ1) is 5.74. The lowest BCUT2D eigenvalue weighted by Gasteiger charge is -1.96. The third-order valence-electron chi connectivity index (χ3n) is 1.78. The minimum atomic E-state index is 0.0812. The van der Waals surface area contributed by atoms with Crippen molar-refractivity contribution >= 4 is 5.78 Å². The van der Waals surface area contributed by atoms with E-state index in [2.05, 4.69) is 12.0 Å². The number of carbonyl (C=O) groups excluding carboxylic acids is 1. The molecule has 0 aliphatic rings. The average Bonchev–Trinajstić information content (AvgIpc) is 2.48. The van der Waals surface area contributed by atoms with Crippen molar-refractivity contribution in [1.82, 2.24) is 9.78 Å². The van der Waals surface area contributed by atoms with E-state index in [0.29, 0.717) is 5.56 Å². The number of unbranched alkanes of at least 4 members (excludes halogenated alkanes) is 1. The molecule has 0 saturated carbocycles. The van der Waals surface area contributed by atoms with Crippen LogP contribution in [0.1, 0.15) is 37.0 Å². The maximum Gasteiger partial charge on any atom is 0.162 e. The summed E-state index contributed by atoms with van der Waals surface area (Å²) in [7, 11) is 0. The number of carbonyl (C=O) groups is 1. The Kier molecular flexibility index (Phi) is 3.02. The fourth-order valence-electron chi connectivity index (χ4n) is 0.988. The second-order valence-electron chi connectivity index (χ2n) is 2.90. The van der Waals surface area contributed by atoms with Crippen molar-refractivity contribution in [2.24, 2.45) is 0 Å². The number of nitrogens with zero attached hydrogens (tertiary/aromatic N) is 2. The summed E-state index contributed by atoms with van der Waals surface area (Å²) in [6.07, 6.45) is 5.68. The summed E-state index contributed by atoms with van der Waals surface area (Å²) in [6.45, 7) is 4.60. The highest BCUT2D eigenvalue weighted by Gasteiger charge is 2.01. The molecule has 0 aromatic carbocycles. The predicted molar refractivity (Wildman–Crippen MR) is 47.1 cm³/mol. The van der Waals surface area contributed by atoms with Gasteiger partial charge in [-0.2, -0.15) is 5.10 Å². The van der Waals surface area contributed by atoms with Gasteiger partial charge in [0, 0.05) is 12.7 Å². The number of hydrogen-bond donors (Lipinski definition) is 0. The Hall–Kier alpha value is -1.12. The molecule has 0 aliphatic carbocycles. The summed E-state index contributed by atoms with van der Waals surface area (Å²) >= 11 is 0. The second-order valence-corrected chi connectivity index (χ2v) is 2.90. The first-order valence-electron chi connectivity index (χ1n) is 4.27. The maximum atomic E-state index is 10.9.